The topological polar surface area (TPSA) is 29.1 Å². The first kappa shape index (κ1) is 11.8. The summed E-state index contributed by atoms with van der Waals surface area (Å²) in [6, 6.07) is 3.82. The van der Waals surface area contributed by atoms with Crippen LogP contribution in [0.4, 0.5) is 4.79 Å². The molecule has 0 radical (unpaired) electrons. The van der Waals surface area contributed by atoms with Crippen LogP contribution >= 0.6 is 34.5 Å². The van der Waals surface area contributed by atoms with Gasteiger partial charge < -0.3 is 5.32 Å². The summed E-state index contributed by atoms with van der Waals surface area (Å²) in [6.07, 6.45) is 0. The number of hydrogen-bond donors (Lipinski definition) is 1. The van der Waals surface area contributed by atoms with E-state index in [-0.39, 0.29) is 5.41 Å². The number of amides is 1. The normalized spacial score (nSPS) is 11.4. The second-order valence-corrected chi connectivity index (χ2v) is 5.67. The number of carbonyl (C=O) groups is 1. The van der Waals surface area contributed by atoms with Gasteiger partial charge in [-0.3, -0.25) is 4.79 Å². The van der Waals surface area contributed by atoms with Crippen molar-refractivity contribution in [3.05, 3.63) is 21.3 Å². The van der Waals surface area contributed by atoms with Crippen LogP contribution in [0.5, 0.6) is 0 Å². The van der Waals surface area contributed by atoms with Gasteiger partial charge in [-0.15, -0.1) is 11.3 Å². The second kappa shape index (κ2) is 4.51. The maximum atomic E-state index is 10.6. The van der Waals surface area contributed by atoms with Crippen molar-refractivity contribution in [3.63, 3.8) is 0 Å². The fourth-order valence-corrected chi connectivity index (χ4v) is 2.27. The van der Waals surface area contributed by atoms with Gasteiger partial charge in [-0.25, -0.2) is 0 Å². The number of nitrogens with one attached hydrogen (secondary N) is 1. The second-order valence-electron chi connectivity index (χ2n) is 3.61. The average molecular weight is 252 g/mol. The molecule has 2 nitrogen and oxygen atoms in total. The largest absolute Gasteiger partial charge is 0.342 e. The summed E-state index contributed by atoms with van der Waals surface area (Å²) < 4.78 is 0.755. The van der Waals surface area contributed by atoms with Crippen LogP contribution < -0.4 is 5.32 Å². The van der Waals surface area contributed by atoms with Gasteiger partial charge in [0.05, 0.1) is 4.34 Å². The van der Waals surface area contributed by atoms with E-state index >= 15 is 0 Å². The number of thiophene rings is 1. The molecule has 0 saturated carbocycles. The molecule has 0 aliphatic heterocycles. The molecule has 5 heteroatoms. The van der Waals surface area contributed by atoms with Crippen LogP contribution in [0.15, 0.2) is 12.1 Å². The summed E-state index contributed by atoms with van der Waals surface area (Å²) in [4.78, 5) is 11.7. The first-order chi connectivity index (χ1) is 6.42. The zero-order valence-electron chi connectivity index (χ0n) is 7.93. The maximum Gasteiger partial charge on any atom is 0.313 e. The van der Waals surface area contributed by atoms with Crippen molar-refractivity contribution in [3.8, 4) is 0 Å². The molecular weight excluding hydrogens is 241 g/mol. The van der Waals surface area contributed by atoms with Crippen LogP contribution in [-0.2, 0) is 5.41 Å². The summed E-state index contributed by atoms with van der Waals surface area (Å²) in [5.41, 5.74) is -0.137. The van der Waals surface area contributed by atoms with E-state index in [2.05, 4.69) is 5.32 Å². The van der Waals surface area contributed by atoms with Gasteiger partial charge in [0.1, 0.15) is 0 Å². The van der Waals surface area contributed by atoms with Crippen molar-refractivity contribution in [1.29, 1.82) is 0 Å². The van der Waals surface area contributed by atoms with Crippen LogP contribution in [-0.4, -0.2) is 11.9 Å². The van der Waals surface area contributed by atoms with E-state index in [1.165, 1.54) is 11.3 Å². The van der Waals surface area contributed by atoms with Crippen molar-refractivity contribution in [2.24, 2.45) is 0 Å². The summed E-state index contributed by atoms with van der Waals surface area (Å²) in [7, 11) is 0. The minimum absolute atomic E-state index is 0.137. The molecule has 1 rings (SSSR count). The quantitative estimate of drug-likeness (QED) is 0.646. The Hall–Kier alpha value is -0.250. The molecule has 0 spiro atoms. The van der Waals surface area contributed by atoms with Crippen LogP contribution in [0.2, 0.25) is 4.34 Å². The molecule has 0 saturated heterocycles. The summed E-state index contributed by atoms with van der Waals surface area (Å²) in [5, 5.41) is 2.06. The van der Waals surface area contributed by atoms with E-state index in [0.29, 0.717) is 6.54 Å². The van der Waals surface area contributed by atoms with Crippen molar-refractivity contribution < 1.29 is 4.79 Å². The Morgan fingerprint density at radius 1 is 1.57 bits per heavy atom. The first-order valence-electron chi connectivity index (χ1n) is 4.11. The first-order valence-corrected chi connectivity index (χ1v) is 5.68. The van der Waals surface area contributed by atoms with Crippen molar-refractivity contribution in [2.75, 3.05) is 6.54 Å². The molecule has 0 fully saturated rings. The minimum atomic E-state index is -0.527. The highest BCUT2D eigenvalue weighted by Gasteiger charge is 2.22. The number of hydrogen-bond acceptors (Lipinski definition) is 2. The Morgan fingerprint density at radius 3 is 2.64 bits per heavy atom. The predicted octanol–water partition coefficient (Wildman–Crippen LogP) is 3.63. The summed E-state index contributed by atoms with van der Waals surface area (Å²) in [6.45, 7) is 4.57. The molecule has 1 amide bonds. The molecule has 14 heavy (non-hydrogen) atoms. The number of rotatable bonds is 3. The van der Waals surface area contributed by atoms with E-state index in [0.717, 1.165) is 9.21 Å². The molecule has 1 N–H and O–H groups in total. The van der Waals surface area contributed by atoms with Crippen LogP contribution in [0, 0.1) is 0 Å². The fraction of sp³-hybridized carbons (Fsp3) is 0.444. The lowest BCUT2D eigenvalue weighted by Gasteiger charge is -2.22. The summed E-state index contributed by atoms with van der Waals surface area (Å²) in [5.74, 6) is 0. The van der Waals surface area contributed by atoms with Gasteiger partial charge in [-0.2, -0.15) is 0 Å². The van der Waals surface area contributed by atoms with Gasteiger partial charge in [0.15, 0.2) is 0 Å². The average Bonchev–Trinajstić information content (AvgIpc) is 2.49. The van der Waals surface area contributed by atoms with Crippen LogP contribution in [0.1, 0.15) is 18.7 Å². The maximum absolute atomic E-state index is 10.6. The highest BCUT2D eigenvalue weighted by Crippen LogP contribution is 2.31. The van der Waals surface area contributed by atoms with Gasteiger partial charge in [-0.05, 0) is 23.7 Å². The van der Waals surface area contributed by atoms with Crippen molar-refractivity contribution >= 4 is 39.9 Å². The Kier molecular flexibility index (Phi) is 3.81. The monoisotopic (exact) mass is 251 g/mol. The highest BCUT2D eigenvalue weighted by molar-refractivity contribution is 7.16. The number of carbonyl (C=O) groups excluding carboxylic acids is 1. The third-order valence-corrected chi connectivity index (χ3v) is 3.64. The van der Waals surface area contributed by atoms with Crippen molar-refractivity contribution in [2.45, 2.75) is 19.3 Å². The Morgan fingerprint density at radius 2 is 2.21 bits per heavy atom. The highest BCUT2D eigenvalue weighted by atomic mass is 35.5. The fourth-order valence-electron chi connectivity index (χ4n) is 1.06. The molecular formula is C9H11Cl2NOS. The Labute approximate surface area is 97.2 Å². The lowest BCUT2D eigenvalue weighted by molar-refractivity contribution is 0.257. The molecule has 0 aliphatic carbocycles. The van der Waals surface area contributed by atoms with Gasteiger partial charge in [0.25, 0.3) is 0 Å². The van der Waals surface area contributed by atoms with E-state index in [1.807, 2.05) is 26.0 Å². The lowest BCUT2D eigenvalue weighted by Crippen LogP contribution is -2.33. The molecule has 1 aromatic heterocycles. The SMILES string of the molecule is CC(C)(CNC(=O)Cl)c1ccc(Cl)s1. The standard InChI is InChI=1S/C9H11Cl2NOS/c1-9(2,5-12-8(11)13)6-3-4-7(10)14-6/h3-4H,5H2,1-2H3,(H,12,13). The molecule has 0 bridgehead atoms. The number of halogens is 2. The van der Waals surface area contributed by atoms with Gasteiger partial charge in [0, 0.05) is 16.8 Å². The Balaban J connectivity index is 2.69. The molecule has 0 aliphatic rings. The zero-order chi connectivity index (χ0) is 10.8. The molecule has 0 unspecified atom stereocenters. The van der Waals surface area contributed by atoms with Gasteiger partial charge >= 0.3 is 5.37 Å². The Bertz CT molecular complexity index is 335. The van der Waals surface area contributed by atoms with E-state index in [4.69, 9.17) is 23.2 Å². The molecule has 0 aromatic carbocycles. The van der Waals surface area contributed by atoms with E-state index in [1.54, 1.807) is 0 Å². The lowest BCUT2D eigenvalue weighted by atomic mass is 9.92. The molecule has 0 atom stereocenters. The van der Waals surface area contributed by atoms with Crippen LogP contribution in [0.3, 0.4) is 0 Å². The van der Waals surface area contributed by atoms with E-state index < -0.39 is 5.37 Å². The van der Waals surface area contributed by atoms with Gasteiger partial charge in [-0.1, -0.05) is 25.4 Å². The third kappa shape index (κ3) is 3.15. The van der Waals surface area contributed by atoms with Crippen molar-refractivity contribution in [1.82, 2.24) is 5.32 Å². The van der Waals surface area contributed by atoms with Crippen LogP contribution in [0.25, 0.3) is 0 Å². The third-order valence-electron chi connectivity index (χ3n) is 1.91. The zero-order valence-corrected chi connectivity index (χ0v) is 10.3. The van der Waals surface area contributed by atoms with Gasteiger partial charge in [0.2, 0.25) is 0 Å². The van der Waals surface area contributed by atoms with E-state index in [9.17, 15) is 4.79 Å². The smallest absolute Gasteiger partial charge is 0.313 e. The molecule has 1 heterocycles. The summed E-state index contributed by atoms with van der Waals surface area (Å²) >= 11 is 12.6. The molecule has 78 valence electrons. The predicted molar refractivity (Wildman–Crippen MR) is 61.6 cm³/mol. The minimum Gasteiger partial charge on any atom is -0.342 e. The molecule has 1 aromatic rings.